The number of hydrogen-bond acceptors (Lipinski definition) is 4. The highest BCUT2D eigenvalue weighted by Gasteiger charge is 2.28. The molecule has 3 rings (SSSR count). The Morgan fingerprint density at radius 2 is 2.00 bits per heavy atom. The van der Waals surface area contributed by atoms with Crippen LogP contribution in [-0.2, 0) is 11.3 Å². The lowest BCUT2D eigenvalue weighted by atomic mass is 10.1. The molecule has 0 spiro atoms. The van der Waals surface area contributed by atoms with Gasteiger partial charge in [0.1, 0.15) is 24.3 Å². The zero-order chi connectivity index (χ0) is 22.2. The van der Waals surface area contributed by atoms with E-state index in [1.807, 2.05) is 33.2 Å². The molecule has 0 bridgehead atoms. The van der Waals surface area contributed by atoms with Gasteiger partial charge in [0.25, 0.3) is 0 Å². The summed E-state index contributed by atoms with van der Waals surface area (Å²) in [6.45, 7) is 5.62. The van der Waals surface area contributed by atoms with Crippen LogP contribution in [0.3, 0.4) is 0 Å². The Bertz CT molecular complexity index is 857. The van der Waals surface area contributed by atoms with Crippen LogP contribution < -0.4 is 10.1 Å². The highest BCUT2D eigenvalue weighted by molar-refractivity contribution is 5.80. The number of nitrogens with one attached hydrogen (secondary N) is 1. The molecule has 1 N–H and O–H groups in total. The van der Waals surface area contributed by atoms with E-state index in [1.54, 1.807) is 19.2 Å². The second-order valence-electron chi connectivity index (χ2n) is 8.09. The van der Waals surface area contributed by atoms with Crippen molar-refractivity contribution in [3.63, 3.8) is 0 Å². The zero-order valence-electron chi connectivity index (χ0n) is 18.8. The van der Waals surface area contributed by atoms with Crippen LogP contribution in [0.25, 0.3) is 0 Å². The molecule has 168 valence electrons. The number of likely N-dealkylation sites (N-methyl/N-ethyl adjacent to an activating group) is 1. The molecule has 2 unspecified atom stereocenters. The number of benzene rings is 2. The number of rotatable bonds is 7. The van der Waals surface area contributed by atoms with Crippen molar-refractivity contribution >= 4 is 5.96 Å². The predicted octanol–water partition coefficient (Wildman–Crippen LogP) is 3.30. The monoisotopic (exact) mass is 428 g/mol. The summed E-state index contributed by atoms with van der Waals surface area (Å²) in [5.74, 6) is 1.45. The van der Waals surface area contributed by atoms with Crippen molar-refractivity contribution in [2.45, 2.75) is 25.7 Å². The number of nitrogens with zero attached hydrogens (tertiary/aromatic N) is 3. The number of morpholine rings is 1. The lowest BCUT2D eigenvalue weighted by Gasteiger charge is -2.38. The van der Waals surface area contributed by atoms with Gasteiger partial charge in [0.15, 0.2) is 5.96 Å². The van der Waals surface area contributed by atoms with Crippen LogP contribution in [0.4, 0.5) is 4.39 Å². The fourth-order valence-electron chi connectivity index (χ4n) is 3.59. The van der Waals surface area contributed by atoms with Crippen molar-refractivity contribution in [1.82, 2.24) is 15.1 Å². The fraction of sp³-hybridized carbons (Fsp3) is 0.458. The maximum Gasteiger partial charge on any atom is 0.194 e. The number of guanidine groups is 1. The lowest BCUT2D eigenvalue weighted by Crippen LogP contribution is -2.50. The summed E-state index contributed by atoms with van der Waals surface area (Å²) in [5.41, 5.74) is 2.09. The third kappa shape index (κ3) is 6.94. The SMILES string of the molecule is CN=C(NCc1cccc(OCCN(C)C)c1)N1CC(C)OC(c2ccc(F)cc2)C1. The summed E-state index contributed by atoms with van der Waals surface area (Å²) < 4.78 is 25.2. The minimum absolute atomic E-state index is 0.0378. The second kappa shape index (κ2) is 11.1. The minimum Gasteiger partial charge on any atom is -0.492 e. The third-order valence-corrected chi connectivity index (χ3v) is 5.17. The van der Waals surface area contributed by atoms with Gasteiger partial charge in [0.05, 0.1) is 12.6 Å². The van der Waals surface area contributed by atoms with Gasteiger partial charge in [-0.1, -0.05) is 24.3 Å². The van der Waals surface area contributed by atoms with Crippen LogP contribution >= 0.6 is 0 Å². The summed E-state index contributed by atoms with van der Waals surface area (Å²) in [4.78, 5) is 8.76. The molecule has 0 aromatic heterocycles. The van der Waals surface area contributed by atoms with Crippen molar-refractivity contribution in [2.75, 3.05) is 47.4 Å². The summed E-state index contributed by atoms with van der Waals surface area (Å²) >= 11 is 0. The molecule has 2 atom stereocenters. The van der Waals surface area contributed by atoms with E-state index in [1.165, 1.54) is 12.1 Å². The van der Waals surface area contributed by atoms with Gasteiger partial charge in [0.2, 0.25) is 0 Å². The van der Waals surface area contributed by atoms with E-state index in [9.17, 15) is 4.39 Å². The first-order valence-electron chi connectivity index (χ1n) is 10.7. The van der Waals surface area contributed by atoms with Gasteiger partial charge in [-0.2, -0.15) is 0 Å². The third-order valence-electron chi connectivity index (χ3n) is 5.17. The second-order valence-corrected chi connectivity index (χ2v) is 8.09. The maximum absolute atomic E-state index is 13.3. The van der Waals surface area contributed by atoms with Gasteiger partial charge < -0.3 is 24.6 Å². The highest BCUT2D eigenvalue weighted by Crippen LogP contribution is 2.25. The van der Waals surface area contributed by atoms with Crippen LogP contribution in [0.2, 0.25) is 0 Å². The van der Waals surface area contributed by atoms with Gasteiger partial charge in [-0.05, 0) is 56.4 Å². The number of halogens is 1. The molecule has 1 fully saturated rings. The molecule has 1 aliphatic heterocycles. The molecular weight excluding hydrogens is 395 g/mol. The topological polar surface area (TPSA) is 49.3 Å². The molecule has 6 nitrogen and oxygen atoms in total. The lowest BCUT2D eigenvalue weighted by molar-refractivity contribution is -0.0605. The van der Waals surface area contributed by atoms with Gasteiger partial charge >= 0.3 is 0 Å². The quantitative estimate of drug-likeness (QED) is 0.542. The van der Waals surface area contributed by atoms with E-state index in [0.717, 1.165) is 35.9 Å². The largest absolute Gasteiger partial charge is 0.492 e. The molecule has 1 heterocycles. The molecule has 0 radical (unpaired) electrons. The van der Waals surface area contributed by atoms with Gasteiger partial charge in [0, 0.05) is 26.7 Å². The van der Waals surface area contributed by atoms with E-state index < -0.39 is 0 Å². The van der Waals surface area contributed by atoms with Crippen LogP contribution in [0.5, 0.6) is 5.75 Å². The van der Waals surface area contributed by atoms with Crippen LogP contribution in [0.1, 0.15) is 24.2 Å². The van der Waals surface area contributed by atoms with Crippen molar-refractivity contribution in [2.24, 2.45) is 4.99 Å². The number of ether oxygens (including phenoxy) is 2. The number of aliphatic imine (C=N–C) groups is 1. The van der Waals surface area contributed by atoms with Crippen LogP contribution in [0, 0.1) is 5.82 Å². The van der Waals surface area contributed by atoms with Crippen LogP contribution in [0.15, 0.2) is 53.5 Å². The average molecular weight is 429 g/mol. The van der Waals surface area contributed by atoms with Crippen molar-refractivity contribution < 1.29 is 13.9 Å². The van der Waals surface area contributed by atoms with E-state index in [4.69, 9.17) is 9.47 Å². The first-order chi connectivity index (χ1) is 14.9. The zero-order valence-corrected chi connectivity index (χ0v) is 18.8. The van der Waals surface area contributed by atoms with Crippen molar-refractivity contribution in [1.29, 1.82) is 0 Å². The van der Waals surface area contributed by atoms with Crippen molar-refractivity contribution in [3.8, 4) is 5.75 Å². The molecule has 0 amide bonds. The Kier molecular flexibility index (Phi) is 8.26. The first kappa shape index (κ1) is 23.0. The molecule has 31 heavy (non-hydrogen) atoms. The first-order valence-corrected chi connectivity index (χ1v) is 10.7. The fourth-order valence-corrected chi connectivity index (χ4v) is 3.59. The summed E-state index contributed by atoms with van der Waals surface area (Å²) in [5, 5.41) is 3.46. The Balaban J connectivity index is 1.59. The average Bonchev–Trinajstić information content (AvgIpc) is 2.74. The van der Waals surface area contributed by atoms with Crippen LogP contribution in [-0.4, -0.2) is 69.2 Å². The summed E-state index contributed by atoms with van der Waals surface area (Å²) in [7, 11) is 5.85. The van der Waals surface area contributed by atoms with E-state index >= 15 is 0 Å². The minimum atomic E-state index is -0.241. The molecule has 2 aromatic carbocycles. The van der Waals surface area contributed by atoms with Gasteiger partial charge in [-0.3, -0.25) is 4.99 Å². The summed E-state index contributed by atoms with van der Waals surface area (Å²) in [6.07, 6.45) is -0.0906. The Morgan fingerprint density at radius 1 is 1.23 bits per heavy atom. The molecule has 1 saturated heterocycles. The molecular formula is C24H33FN4O2. The molecule has 2 aromatic rings. The van der Waals surface area contributed by atoms with E-state index in [-0.39, 0.29) is 18.0 Å². The maximum atomic E-state index is 13.3. The molecule has 7 heteroatoms. The summed E-state index contributed by atoms with van der Waals surface area (Å²) in [6, 6.07) is 14.6. The smallest absolute Gasteiger partial charge is 0.194 e. The van der Waals surface area contributed by atoms with Gasteiger partial charge in [-0.15, -0.1) is 0 Å². The van der Waals surface area contributed by atoms with Gasteiger partial charge in [-0.25, -0.2) is 4.39 Å². The molecule has 0 aliphatic carbocycles. The standard InChI is InChI=1S/C24H33FN4O2/c1-18-16-29(17-23(31-18)20-8-10-21(25)11-9-20)24(26-2)27-15-19-6-5-7-22(14-19)30-13-12-28(3)4/h5-11,14,18,23H,12-13,15-17H2,1-4H3,(H,26,27). The molecule has 0 saturated carbocycles. The Hall–Kier alpha value is -2.64. The van der Waals surface area contributed by atoms with E-state index in [0.29, 0.717) is 19.7 Å². The molecule has 1 aliphatic rings. The van der Waals surface area contributed by atoms with E-state index in [2.05, 4.69) is 32.2 Å². The number of hydrogen-bond donors (Lipinski definition) is 1. The van der Waals surface area contributed by atoms with Crippen molar-refractivity contribution in [3.05, 3.63) is 65.5 Å². The Morgan fingerprint density at radius 3 is 2.71 bits per heavy atom. The predicted molar refractivity (Wildman–Crippen MR) is 122 cm³/mol. The highest BCUT2D eigenvalue weighted by atomic mass is 19.1. The normalized spacial score (nSPS) is 19.5. The Labute approximate surface area is 184 Å².